The molecule has 0 unspecified atom stereocenters. The lowest BCUT2D eigenvalue weighted by Gasteiger charge is -2.09. The van der Waals surface area contributed by atoms with Crippen molar-refractivity contribution in [2.24, 2.45) is 0 Å². The van der Waals surface area contributed by atoms with Crippen LogP contribution in [0.25, 0.3) is 0 Å². The maximum Gasteiger partial charge on any atom is 0.166 e. The van der Waals surface area contributed by atoms with Crippen molar-refractivity contribution >= 4 is 17.3 Å². The first kappa shape index (κ1) is 13.6. The highest BCUT2D eigenvalue weighted by atomic mass is 32.1. The molecule has 0 aliphatic carbocycles. The first-order valence-corrected chi connectivity index (χ1v) is 5.30. The van der Waals surface area contributed by atoms with E-state index in [0.29, 0.717) is 11.7 Å². The Morgan fingerprint density at radius 2 is 1.93 bits per heavy atom. The number of hydrogen-bond donors (Lipinski definition) is 2. The molecule has 14 heavy (non-hydrogen) atoms. The SMILES string of the molecule is CCOCCCNC(=S)NCCOC. The Labute approximate surface area is 91.3 Å². The van der Waals surface area contributed by atoms with E-state index < -0.39 is 0 Å². The molecular formula is C9H20N2O2S. The van der Waals surface area contributed by atoms with E-state index in [9.17, 15) is 0 Å². The lowest BCUT2D eigenvalue weighted by molar-refractivity contribution is 0.145. The van der Waals surface area contributed by atoms with Crippen LogP contribution in [0.5, 0.6) is 0 Å². The number of hydrogen-bond acceptors (Lipinski definition) is 3. The summed E-state index contributed by atoms with van der Waals surface area (Å²) in [6.45, 7) is 5.80. The van der Waals surface area contributed by atoms with Gasteiger partial charge in [0.15, 0.2) is 5.11 Å². The van der Waals surface area contributed by atoms with Crippen LogP contribution in [0.1, 0.15) is 13.3 Å². The van der Waals surface area contributed by atoms with Crippen LogP contribution >= 0.6 is 12.2 Å². The van der Waals surface area contributed by atoms with Crippen LogP contribution in [-0.4, -0.2) is 45.1 Å². The molecule has 84 valence electrons. The van der Waals surface area contributed by atoms with Gasteiger partial charge in [0.2, 0.25) is 0 Å². The summed E-state index contributed by atoms with van der Waals surface area (Å²) in [6.07, 6.45) is 0.972. The maximum atomic E-state index is 5.19. The number of methoxy groups -OCH3 is 1. The molecule has 0 bridgehead atoms. The van der Waals surface area contributed by atoms with Crippen LogP contribution in [0, 0.1) is 0 Å². The van der Waals surface area contributed by atoms with Crippen molar-refractivity contribution in [2.45, 2.75) is 13.3 Å². The van der Waals surface area contributed by atoms with Gasteiger partial charge in [-0.2, -0.15) is 0 Å². The zero-order chi connectivity index (χ0) is 10.6. The normalized spacial score (nSPS) is 9.86. The second-order valence-corrected chi connectivity index (χ2v) is 3.13. The van der Waals surface area contributed by atoms with Crippen LogP contribution in [-0.2, 0) is 9.47 Å². The van der Waals surface area contributed by atoms with Gasteiger partial charge in [0.05, 0.1) is 6.61 Å². The molecule has 0 aromatic rings. The topological polar surface area (TPSA) is 42.5 Å². The van der Waals surface area contributed by atoms with Gasteiger partial charge in [-0.25, -0.2) is 0 Å². The summed E-state index contributed by atoms with van der Waals surface area (Å²) >= 11 is 5.03. The van der Waals surface area contributed by atoms with E-state index in [0.717, 1.165) is 32.7 Å². The van der Waals surface area contributed by atoms with E-state index in [4.69, 9.17) is 21.7 Å². The zero-order valence-electron chi connectivity index (χ0n) is 8.97. The quantitative estimate of drug-likeness (QED) is 0.461. The van der Waals surface area contributed by atoms with E-state index in [2.05, 4.69) is 10.6 Å². The minimum atomic E-state index is 0.667. The molecule has 0 spiro atoms. The highest BCUT2D eigenvalue weighted by molar-refractivity contribution is 7.80. The molecule has 0 atom stereocenters. The summed E-state index contributed by atoms with van der Waals surface area (Å²) in [5, 5.41) is 6.79. The molecule has 4 nitrogen and oxygen atoms in total. The largest absolute Gasteiger partial charge is 0.383 e. The van der Waals surface area contributed by atoms with Crippen molar-refractivity contribution in [1.82, 2.24) is 10.6 Å². The lowest BCUT2D eigenvalue weighted by atomic mass is 10.4. The number of nitrogens with one attached hydrogen (secondary N) is 2. The smallest absolute Gasteiger partial charge is 0.166 e. The molecule has 2 N–H and O–H groups in total. The fourth-order valence-electron chi connectivity index (χ4n) is 0.850. The van der Waals surface area contributed by atoms with Gasteiger partial charge in [-0.05, 0) is 25.6 Å². The predicted molar refractivity (Wildman–Crippen MR) is 61.6 cm³/mol. The third-order valence-electron chi connectivity index (χ3n) is 1.55. The summed E-state index contributed by atoms with van der Waals surface area (Å²) in [6, 6.07) is 0. The van der Waals surface area contributed by atoms with Crippen molar-refractivity contribution < 1.29 is 9.47 Å². The third-order valence-corrected chi connectivity index (χ3v) is 1.84. The average Bonchev–Trinajstić information content (AvgIpc) is 2.18. The van der Waals surface area contributed by atoms with Crippen molar-refractivity contribution in [3.05, 3.63) is 0 Å². The summed E-state index contributed by atoms with van der Waals surface area (Å²) in [4.78, 5) is 0. The highest BCUT2D eigenvalue weighted by Crippen LogP contribution is 1.80. The Hall–Kier alpha value is -0.390. The molecule has 0 amide bonds. The second kappa shape index (κ2) is 10.7. The van der Waals surface area contributed by atoms with Crippen molar-refractivity contribution in [3.8, 4) is 0 Å². The van der Waals surface area contributed by atoms with Crippen LogP contribution in [0.2, 0.25) is 0 Å². The van der Waals surface area contributed by atoms with Gasteiger partial charge in [-0.1, -0.05) is 0 Å². The standard InChI is InChI=1S/C9H20N2O2S/c1-3-13-7-4-5-10-9(14)11-6-8-12-2/h3-8H2,1-2H3,(H2,10,11,14). The highest BCUT2D eigenvalue weighted by Gasteiger charge is 1.93. The van der Waals surface area contributed by atoms with Crippen LogP contribution in [0.3, 0.4) is 0 Å². The van der Waals surface area contributed by atoms with Gasteiger partial charge in [-0.3, -0.25) is 0 Å². The summed E-state index contributed by atoms with van der Waals surface area (Å²) < 4.78 is 10.1. The molecule has 0 rings (SSSR count). The summed E-state index contributed by atoms with van der Waals surface area (Å²) in [7, 11) is 1.67. The van der Waals surface area contributed by atoms with Gasteiger partial charge < -0.3 is 20.1 Å². The molecule has 5 heteroatoms. The molecule has 0 aromatic carbocycles. The van der Waals surface area contributed by atoms with Crippen LogP contribution in [0.15, 0.2) is 0 Å². The molecule has 0 aliphatic rings. The summed E-state index contributed by atoms with van der Waals surface area (Å²) in [5.41, 5.74) is 0. The molecule has 0 saturated heterocycles. The first-order chi connectivity index (χ1) is 6.81. The van der Waals surface area contributed by atoms with Crippen LogP contribution in [0.4, 0.5) is 0 Å². The van der Waals surface area contributed by atoms with Crippen molar-refractivity contribution in [3.63, 3.8) is 0 Å². The Bertz CT molecular complexity index is 145. The minimum Gasteiger partial charge on any atom is -0.383 e. The van der Waals surface area contributed by atoms with Crippen LogP contribution < -0.4 is 10.6 Å². The molecule has 0 fully saturated rings. The Kier molecular flexibility index (Phi) is 10.4. The van der Waals surface area contributed by atoms with E-state index >= 15 is 0 Å². The number of thiocarbonyl (C=S) groups is 1. The molecule has 0 heterocycles. The average molecular weight is 220 g/mol. The van der Waals surface area contributed by atoms with Crippen molar-refractivity contribution in [1.29, 1.82) is 0 Å². The fraction of sp³-hybridized carbons (Fsp3) is 0.889. The van der Waals surface area contributed by atoms with Gasteiger partial charge in [0.1, 0.15) is 0 Å². The fourth-order valence-corrected chi connectivity index (χ4v) is 1.05. The van der Waals surface area contributed by atoms with Gasteiger partial charge >= 0.3 is 0 Å². The van der Waals surface area contributed by atoms with Gasteiger partial charge in [-0.15, -0.1) is 0 Å². The second-order valence-electron chi connectivity index (χ2n) is 2.73. The number of ether oxygens (including phenoxy) is 2. The van der Waals surface area contributed by atoms with E-state index in [-0.39, 0.29) is 0 Å². The summed E-state index contributed by atoms with van der Waals surface area (Å²) in [5.74, 6) is 0. The maximum absolute atomic E-state index is 5.19. The van der Waals surface area contributed by atoms with Gasteiger partial charge in [0.25, 0.3) is 0 Å². The number of rotatable bonds is 8. The monoisotopic (exact) mass is 220 g/mol. The molecule has 0 radical (unpaired) electrons. The lowest BCUT2D eigenvalue weighted by Crippen LogP contribution is -2.37. The Balaban J connectivity index is 3.10. The van der Waals surface area contributed by atoms with E-state index in [1.807, 2.05) is 6.92 Å². The Morgan fingerprint density at radius 3 is 2.57 bits per heavy atom. The van der Waals surface area contributed by atoms with E-state index in [1.54, 1.807) is 7.11 Å². The first-order valence-electron chi connectivity index (χ1n) is 4.89. The predicted octanol–water partition coefficient (Wildman–Crippen LogP) is 0.523. The molecule has 0 aromatic heterocycles. The Morgan fingerprint density at radius 1 is 1.21 bits per heavy atom. The molecular weight excluding hydrogens is 200 g/mol. The zero-order valence-corrected chi connectivity index (χ0v) is 9.78. The molecule has 0 saturated carbocycles. The minimum absolute atomic E-state index is 0.667. The molecule has 0 aliphatic heterocycles. The van der Waals surface area contributed by atoms with E-state index in [1.165, 1.54) is 0 Å². The van der Waals surface area contributed by atoms with Crippen molar-refractivity contribution in [2.75, 3.05) is 40.0 Å². The van der Waals surface area contributed by atoms with Gasteiger partial charge in [0, 0.05) is 33.4 Å². The third kappa shape index (κ3) is 9.70.